The van der Waals surface area contributed by atoms with Crippen LogP contribution in [0.25, 0.3) is 11.4 Å². The molecule has 13 heteroatoms. The summed E-state index contributed by atoms with van der Waals surface area (Å²) in [6.45, 7) is 4.20. The van der Waals surface area contributed by atoms with E-state index in [9.17, 15) is 18.4 Å². The van der Waals surface area contributed by atoms with Crippen LogP contribution in [0.15, 0.2) is 29.2 Å². The molecule has 4 heterocycles. The number of pyridine rings is 1. The molecule has 0 spiro atoms. The first kappa shape index (κ1) is 27.1. The van der Waals surface area contributed by atoms with Crippen LogP contribution in [0.4, 0.5) is 14.5 Å². The second kappa shape index (κ2) is 11.2. The first-order chi connectivity index (χ1) is 18.1. The van der Waals surface area contributed by atoms with Crippen LogP contribution >= 0.6 is 0 Å². The lowest BCUT2D eigenvalue weighted by Crippen LogP contribution is -2.48. The van der Waals surface area contributed by atoms with Gasteiger partial charge in [-0.3, -0.25) is 14.3 Å². The van der Waals surface area contributed by atoms with Gasteiger partial charge < -0.3 is 14.7 Å². The zero-order valence-electron chi connectivity index (χ0n) is 21.6. The minimum Gasteiger partial charge on any atom is -0.481 e. The Morgan fingerprint density at radius 1 is 1.26 bits per heavy atom. The molecule has 1 fully saturated rings. The molecule has 0 amide bonds. The maximum absolute atomic E-state index is 14.5. The van der Waals surface area contributed by atoms with Crippen LogP contribution in [-0.2, 0) is 31.4 Å². The first-order valence-corrected chi connectivity index (χ1v) is 12.5. The highest BCUT2D eigenvalue weighted by molar-refractivity contribution is 5.67. The summed E-state index contributed by atoms with van der Waals surface area (Å²) in [5.74, 6) is -4.80. The van der Waals surface area contributed by atoms with Gasteiger partial charge in [0.25, 0.3) is 11.8 Å². The van der Waals surface area contributed by atoms with E-state index in [1.165, 1.54) is 15.6 Å². The van der Waals surface area contributed by atoms with E-state index >= 15 is 0 Å². The van der Waals surface area contributed by atoms with E-state index in [4.69, 9.17) is 14.8 Å². The van der Waals surface area contributed by atoms with Gasteiger partial charge in [0.15, 0.2) is 0 Å². The third-order valence-corrected chi connectivity index (χ3v) is 6.39. The fraction of sp³-hybridized carbons (Fsp3) is 0.520. The number of rotatable bonds is 10. The average Bonchev–Trinajstić information content (AvgIpc) is 3.22. The van der Waals surface area contributed by atoms with Crippen molar-refractivity contribution in [3.05, 3.63) is 46.0 Å². The molecular weight excluding hydrogens is 500 g/mol. The summed E-state index contributed by atoms with van der Waals surface area (Å²) in [5.41, 5.74) is 2.25. The minimum absolute atomic E-state index is 0.0304. The lowest BCUT2D eigenvalue weighted by molar-refractivity contribution is -0.139. The van der Waals surface area contributed by atoms with Crippen molar-refractivity contribution in [2.24, 2.45) is 13.0 Å². The zero-order valence-corrected chi connectivity index (χ0v) is 21.6. The number of nitrogens with zero attached hydrogens (tertiary/aromatic N) is 7. The molecule has 1 N–H and O–H groups in total. The van der Waals surface area contributed by atoms with Crippen LogP contribution < -0.4 is 15.1 Å². The van der Waals surface area contributed by atoms with Crippen LogP contribution in [0.2, 0.25) is 0 Å². The standard InChI is InChI=1S/C25H31F2N7O4/c1-4-9-34-10-8-21(35)24(30-34)38-14-20-23(29-31-32(20)3)18-6-7-19(17(5-2)28-18)33-13-16(11-22(36)37)12-25(26,27)15-33/h6-8,10,16H,4-5,9,11-15H2,1-3H3,(H,36,37). The van der Waals surface area contributed by atoms with Crippen molar-refractivity contribution >= 4 is 11.7 Å². The number of carboxylic acid groups (broad SMARTS) is 1. The third kappa shape index (κ3) is 6.14. The largest absolute Gasteiger partial charge is 0.481 e. The van der Waals surface area contributed by atoms with Crippen molar-refractivity contribution in [1.29, 1.82) is 0 Å². The van der Waals surface area contributed by atoms with Gasteiger partial charge in [-0.25, -0.2) is 18.4 Å². The van der Waals surface area contributed by atoms with Crippen molar-refractivity contribution in [2.75, 3.05) is 18.0 Å². The van der Waals surface area contributed by atoms with Gasteiger partial charge >= 0.3 is 5.97 Å². The first-order valence-electron chi connectivity index (χ1n) is 12.5. The highest BCUT2D eigenvalue weighted by Crippen LogP contribution is 2.36. The summed E-state index contributed by atoms with van der Waals surface area (Å²) in [4.78, 5) is 29.6. The molecule has 1 aliphatic rings. The number of piperidine rings is 1. The number of aryl methyl sites for hydroxylation is 3. The summed E-state index contributed by atoms with van der Waals surface area (Å²) in [7, 11) is 1.69. The predicted octanol–water partition coefficient (Wildman–Crippen LogP) is 2.92. The van der Waals surface area contributed by atoms with E-state index in [1.54, 1.807) is 30.1 Å². The Morgan fingerprint density at radius 3 is 2.76 bits per heavy atom. The fourth-order valence-electron chi connectivity index (χ4n) is 4.70. The molecule has 38 heavy (non-hydrogen) atoms. The topological polar surface area (TPSA) is 128 Å². The molecule has 0 radical (unpaired) electrons. The summed E-state index contributed by atoms with van der Waals surface area (Å²) in [6.07, 6.45) is 2.15. The molecule has 204 valence electrons. The summed E-state index contributed by atoms with van der Waals surface area (Å²) in [6, 6.07) is 4.79. The van der Waals surface area contributed by atoms with Crippen molar-refractivity contribution < 1.29 is 23.4 Å². The molecule has 1 aliphatic heterocycles. The van der Waals surface area contributed by atoms with E-state index in [-0.39, 0.29) is 30.9 Å². The van der Waals surface area contributed by atoms with Crippen molar-refractivity contribution in [2.45, 2.75) is 58.6 Å². The molecule has 1 saturated heterocycles. The van der Waals surface area contributed by atoms with Gasteiger partial charge in [-0.05, 0) is 30.9 Å². The Bertz CT molecular complexity index is 1360. The van der Waals surface area contributed by atoms with Gasteiger partial charge in [-0.2, -0.15) is 0 Å². The molecule has 3 aromatic rings. The fourth-order valence-corrected chi connectivity index (χ4v) is 4.70. The van der Waals surface area contributed by atoms with E-state index in [2.05, 4.69) is 15.4 Å². The number of hydrogen-bond donors (Lipinski definition) is 1. The number of carbonyl (C=O) groups is 1. The number of anilines is 1. The number of carboxylic acids is 1. The Hall–Kier alpha value is -3.90. The number of hydrogen-bond acceptors (Lipinski definition) is 8. The summed E-state index contributed by atoms with van der Waals surface area (Å²) < 4.78 is 37.9. The lowest BCUT2D eigenvalue weighted by atomic mass is 9.91. The molecule has 0 aliphatic carbocycles. The highest BCUT2D eigenvalue weighted by Gasteiger charge is 2.41. The molecule has 0 saturated carbocycles. The van der Waals surface area contributed by atoms with Gasteiger partial charge in [0.2, 0.25) is 5.43 Å². The van der Waals surface area contributed by atoms with Gasteiger partial charge in [0, 0.05) is 38.8 Å². The maximum atomic E-state index is 14.5. The Morgan fingerprint density at radius 2 is 2.05 bits per heavy atom. The van der Waals surface area contributed by atoms with Crippen molar-refractivity contribution in [3.63, 3.8) is 0 Å². The van der Waals surface area contributed by atoms with Crippen molar-refractivity contribution in [1.82, 2.24) is 29.8 Å². The van der Waals surface area contributed by atoms with Gasteiger partial charge in [-0.1, -0.05) is 19.1 Å². The minimum atomic E-state index is -3.00. The Balaban J connectivity index is 1.59. The molecule has 0 bridgehead atoms. The molecule has 3 aromatic heterocycles. The molecule has 1 unspecified atom stereocenters. The lowest BCUT2D eigenvalue weighted by Gasteiger charge is -2.39. The predicted molar refractivity (Wildman–Crippen MR) is 134 cm³/mol. The summed E-state index contributed by atoms with van der Waals surface area (Å²) in [5, 5.41) is 21.7. The van der Waals surface area contributed by atoms with Crippen LogP contribution in [0, 0.1) is 5.92 Å². The molecule has 1 atom stereocenters. The number of aliphatic carboxylic acids is 1. The van der Waals surface area contributed by atoms with Gasteiger partial charge in [-0.15, -0.1) is 10.2 Å². The van der Waals surface area contributed by atoms with E-state index in [0.717, 1.165) is 6.42 Å². The third-order valence-electron chi connectivity index (χ3n) is 6.39. The molecular formula is C25H31F2N7O4. The number of alkyl halides is 2. The smallest absolute Gasteiger partial charge is 0.303 e. The number of halogens is 2. The van der Waals surface area contributed by atoms with Gasteiger partial charge in [0.05, 0.1) is 30.0 Å². The quantitative estimate of drug-likeness (QED) is 0.420. The number of ether oxygens (including phenoxy) is 1. The van der Waals surface area contributed by atoms with E-state index in [0.29, 0.717) is 41.4 Å². The molecule has 0 aromatic carbocycles. The number of aromatic nitrogens is 6. The molecule has 4 rings (SSSR count). The Labute approximate surface area is 218 Å². The van der Waals surface area contributed by atoms with Crippen molar-refractivity contribution in [3.8, 4) is 17.3 Å². The second-order valence-electron chi connectivity index (χ2n) is 9.47. The summed E-state index contributed by atoms with van der Waals surface area (Å²) >= 11 is 0. The van der Waals surface area contributed by atoms with Crippen LogP contribution in [-0.4, -0.2) is 59.8 Å². The highest BCUT2D eigenvalue weighted by atomic mass is 19.3. The molecule has 11 nitrogen and oxygen atoms in total. The van der Waals surface area contributed by atoms with E-state index in [1.807, 2.05) is 13.8 Å². The average molecular weight is 532 g/mol. The Kier molecular flexibility index (Phi) is 8.02. The maximum Gasteiger partial charge on any atom is 0.303 e. The van der Waals surface area contributed by atoms with E-state index < -0.39 is 30.8 Å². The van der Waals surface area contributed by atoms with Crippen LogP contribution in [0.3, 0.4) is 0 Å². The SMILES string of the molecule is CCCn1ccc(=O)c(OCc2c(-c3ccc(N4CC(CC(=O)O)CC(F)(F)C4)c(CC)n3)nnn2C)n1. The zero-order chi connectivity index (χ0) is 27.4. The second-order valence-corrected chi connectivity index (χ2v) is 9.47. The van der Waals surface area contributed by atoms with Crippen LogP contribution in [0.1, 0.15) is 44.5 Å². The monoisotopic (exact) mass is 531 g/mol. The normalized spacial score (nSPS) is 17.0. The van der Waals surface area contributed by atoms with Crippen LogP contribution in [0.5, 0.6) is 5.88 Å². The van der Waals surface area contributed by atoms with Gasteiger partial charge in [0.1, 0.15) is 18.0 Å².